The van der Waals surface area contributed by atoms with Crippen LogP contribution in [0.1, 0.15) is 23.7 Å². The molecule has 0 saturated heterocycles. The number of para-hydroxylation sites is 1. The SMILES string of the molecule is CCNS(=O)(=O)c1ccc2c(c1)CN(C(=O)C(N)Cc1cc3ccccc3[nH]1)CC2.Cl. The zero-order valence-corrected chi connectivity index (χ0v) is 18.9. The van der Waals surface area contributed by atoms with Gasteiger partial charge in [0.25, 0.3) is 0 Å². The molecule has 1 aromatic heterocycles. The number of fused-ring (bicyclic) bond motifs is 2. The molecule has 0 radical (unpaired) electrons. The van der Waals surface area contributed by atoms with Crippen molar-refractivity contribution in [3.8, 4) is 0 Å². The molecule has 4 N–H and O–H groups in total. The summed E-state index contributed by atoms with van der Waals surface area (Å²) in [5.41, 5.74) is 10.1. The maximum Gasteiger partial charge on any atom is 0.240 e. The van der Waals surface area contributed by atoms with Gasteiger partial charge in [-0.15, -0.1) is 12.4 Å². The third kappa shape index (κ3) is 4.93. The van der Waals surface area contributed by atoms with Gasteiger partial charge < -0.3 is 15.6 Å². The van der Waals surface area contributed by atoms with Gasteiger partial charge in [-0.25, -0.2) is 13.1 Å². The summed E-state index contributed by atoms with van der Waals surface area (Å²) in [7, 11) is -3.53. The second-order valence-electron chi connectivity index (χ2n) is 7.63. The van der Waals surface area contributed by atoms with Crippen molar-refractivity contribution in [2.45, 2.75) is 37.2 Å². The first kappa shape index (κ1) is 23.3. The van der Waals surface area contributed by atoms with E-state index in [4.69, 9.17) is 5.73 Å². The largest absolute Gasteiger partial charge is 0.358 e. The molecule has 1 amide bonds. The van der Waals surface area contributed by atoms with E-state index in [9.17, 15) is 13.2 Å². The summed E-state index contributed by atoms with van der Waals surface area (Å²) in [5.74, 6) is -0.126. The number of nitrogens with one attached hydrogen (secondary N) is 2. The number of aromatic amines is 1. The molecule has 2 aromatic carbocycles. The Labute approximate surface area is 188 Å². The summed E-state index contributed by atoms with van der Waals surface area (Å²) in [6.45, 7) is 3.01. The summed E-state index contributed by atoms with van der Waals surface area (Å²) in [5, 5.41) is 1.09. The molecule has 0 saturated carbocycles. The van der Waals surface area contributed by atoms with Gasteiger partial charge in [-0.2, -0.15) is 0 Å². The Bertz CT molecular complexity index is 1160. The van der Waals surface area contributed by atoms with Crippen molar-refractivity contribution >= 4 is 39.2 Å². The van der Waals surface area contributed by atoms with Crippen LogP contribution in [0.2, 0.25) is 0 Å². The molecule has 1 aliphatic rings. The highest BCUT2D eigenvalue weighted by Crippen LogP contribution is 2.23. The van der Waals surface area contributed by atoms with Crippen molar-refractivity contribution in [1.82, 2.24) is 14.6 Å². The summed E-state index contributed by atoms with van der Waals surface area (Å²) < 4.78 is 27.1. The topological polar surface area (TPSA) is 108 Å². The van der Waals surface area contributed by atoms with Crippen LogP contribution in [0.3, 0.4) is 0 Å². The number of nitrogens with two attached hydrogens (primary N) is 1. The molecule has 2 heterocycles. The van der Waals surface area contributed by atoms with Gasteiger partial charge in [0.05, 0.1) is 10.9 Å². The average Bonchev–Trinajstić information content (AvgIpc) is 3.14. The maximum atomic E-state index is 13.0. The number of hydrogen-bond donors (Lipinski definition) is 3. The second kappa shape index (κ2) is 9.40. The Morgan fingerprint density at radius 3 is 2.71 bits per heavy atom. The van der Waals surface area contributed by atoms with Gasteiger partial charge in [-0.05, 0) is 47.2 Å². The molecular formula is C22H27ClN4O3S. The third-order valence-electron chi connectivity index (χ3n) is 5.49. The molecule has 0 aliphatic carbocycles. The van der Waals surface area contributed by atoms with Crippen molar-refractivity contribution in [1.29, 1.82) is 0 Å². The Balaban J connectivity index is 0.00000272. The van der Waals surface area contributed by atoms with Crippen molar-refractivity contribution in [2.75, 3.05) is 13.1 Å². The molecule has 4 rings (SSSR count). The van der Waals surface area contributed by atoms with Crippen LogP contribution < -0.4 is 10.5 Å². The molecule has 7 nitrogen and oxygen atoms in total. The molecule has 3 aromatic rings. The summed E-state index contributed by atoms with van der Waals surface area (Å²) in [6, 6.07) is 14.4. The number of carbonyl (C=O) groups excluding carboxylic acids is 1. The quantitative estimate of drug-likeness (QED) is 0.522. The smallest absolute Gasteiger partial charge is 0.240 e. The minimum absolute atomic E-state index is 0. The Kier molecular flexibility index (Phi) is 7.06. The van der Waals surface area contributed by atoms with Crippen LogP contribution in [0.25, 0.3) is 10.9 Å². The Hall–Kier alpha value is -2.39. The summed E-state index contributed by atoms with van der Waals surface area (Å²) in [4.78, 5) is 18.2. The zero-order chi connectivity index (χ0) is 21.3. The van der Waals surface area contributed by atoms with E-state index < -0.39 is 16.1 Å². The number of amides is 1. The summed E-state index contributed by atoms with van der Waals surface area (Å²) in [6.07, 6.45) is 1.10. The third-order valence-corrected chi connectivity index (χ3v) is 7.03. The molecule has 1 unspecified atom stereocenters. The second-order valence-corrected chi connectivity index (χ2v) is 9.40. The fourth-order valence-electron chi connectivity index (χ4n) is 3.96. The lowest BCUT2D eigenvalue weighted by Gasteiger charge is -2.31. The van der Waals surface area contributed by atoms with E-state index >= 15 is 0 Å². The molecule has 31 heavy (non-hydrogen) atoms. The predicted octanol–water partition coefficient (Wildman–Crippen LogP) is 2.34. The first-order valence-corrected chi connectivity index (χ1v) is 11.6. The molecule has 0 fully saturated rings. The fourth-order valence-corrected chi connectivity index (χ4v) is 5.06. The normalized spacial score (nSPS) is 14.7. The Morgan fingerprint density at radius 1 is 1.19 bits per heavy atom. The first-order chi connectivity index (χ1) is 14.4. The predicted molar refractivity (Wildman–Crippen MR) is 124 cm³/mol. The van der Waals surface area contributed by atoms with E-state index in [0.29, 0.717) is 32.5 Å². The van der Waals surface area contributed by atoms with Gasteiger partial charge >= 0.3 is 0 Å². The number of nitrogens with zero attached hydrogens (tertiary/aromatic N) is 1. The van der Waals surface area contributed by atoms with Crippen molar-refractivity contribution in [2.24, 2.45) is 5.73 Å². The average molecular weight is 463 g/mol. The summed E-state index contributed by atoms with van der Waals surface area (Å²) >= 11 is 0. The van der Waals surface area contributed by atoms with Gasteiger partial charge in [0, 0.05) is 37.3 Å². The lowest BCUT2D eigenvalue weighted by Crippen LogP contribution is -2.46. The maximum absolute atomic E-state index is 13.0. The van der Waals surface area contributed by atoms with Crippen LogP contribution >= 0.6 is 12.4 Å². The van der Waals surface area contributed by atoms with Crippen molar-refractivity contribution in [3.63, 3.8) is 0 Å². The van der Waals surface area contributed by atoms with E-state index in [1.807, 2.05) is 36.4 Å². The van der Waals surface area contributed by atoms with Gasteiger partial charge in [0.15, 0.2) is 0 Å². The molecule has 0 spiro atoms. The molecule has 0 bridgehead atoms. The minimum Gasteiger partial charge on any atom is -0.358 e. The van der Waals surface area contributed by atoms with E-state index in [1.54, 1.807) is 24.0 Å². The van der Waals surface area contributed by atoms with Crippen LogP contribution in [-0.4, -0.2) is 43.3 Å². The van der Waals surface area contributed by atoms with Crippen molar-refractivity contribution < 1.29 is 13.2 Å². The minimum atomic E-state index is -3.53. The molecule has 9 heteroatoms. The standard InChI is InChI=1S/C22H26N4O3S.ClH/c1-2-24-30(28,29)19-8-7-15-9-10-26(14-17(15)12-19)22(27)20(23)13-18-11-16-5-3-4-6-21(16)25-18;/h3-8,11-12,20,24-25H,2,9-10,13-14,23H2,1H3;1H. The number of sulfonamides is 1. The number of aromatic nitrogens is 1. The van der Waals surface area contributed by atoms with Gasteiger partial charge in [-0.3, -0.25) is 4.79 Å². The van der Waals surface area contributed by atoms with E-state index in [1.165, 1.54) is 0 Å². The van der Waals surface area contributed by atoms with Gasteiger partial charge in [-0.1, -0.05) is 31.2 Å². The molecule has 1 atom stereocenters. The van der Waals surface area contributed by atoms with Crippen LogP contribution in [0.15, 0.2) is 53.4 Å². The number of halogens is 1. The molecular weight excluding hydrogens is 436 g/mol. The zero-order valence-electron chi connectivity index (χ0n) is 17.3. The lowest BCUT2D eigenvalue weighted by atomic mass is 9.99. The number of H-pyrrole nitrogens is 1. The highest BCUT2D eigenvalue weighted by atomic mass is 35.5. The number of hydrogen-bond acceptors (Lipinski definition) is 4. The van der Waals surface area contributed by atoms with E-state index in [2.05, 4.69) is 9.71 Å². The molecule has 166 valence electrons. The van der Waals surface area contributed by atoms with E-state index in [-0.39, 0.29) is 23.2 Å². The van der Waals surface area contributed by atoms with E-state index in [0.717, 1.165) is 27.7 Å². The highest BCUT2D eigenvalue weighted by Gasteiger charge is 2.26. The Morgan fingerprint density at radius 2 is 1.97 bits per heavy atom. The van der Waals surface area contributed by atoms with Crippen LogP contribution in [0, 0.1) is 0 Å². The number of carbonyl (C=O) groups is 1. The van der Waals surface area contributed by atoms with Gasteiger partial charge in [0.1, 0.15) is 0 Å². The molecule has 1 aliphatic heterocycles. The van der Waals surface area contributed by atoms with Crippen LogP contribution in [-0.2, 0) is 34.2 Å². The fraction of sp³-hybridized carbons (Fsp3) is 0.318. The number of benzene rings is 2. The number of rotatable bonds is 6. The van der Waals surface area contributed by atoms with Crippen LogP contribution in [0.5, 0.6) is 0 Å². The van der Waals surface area contributed by atoms with Crippen LogP contribution in [0.4, 0.5) is 0 Å². The lowest BCUT2D eigenvalue weighted by molar-refractivity contribution is -0.133. The highest BCUT2D eigenvalue weighted by molar-refractivity contribution is 7.89. The monoisotopic (exact) mass is 462 g/mol. The first-order valence-electron chi connectivity index (χ1n) is 10.1. The van der Waals surface area contributed by atoms with Crippen molar-refractivity contribution in [3.05, 3.63) is 65.4 Å². The van der Waals surface area contributed by atoms with Gasteiger partial charge in [0.2, 0.25) is 15.9 Å².